The van der Waals surface area contributed by atoms with Crippen LogP contribution >= 0.6 is 23.1 Å². The van der Waals surface area contributed by atoms with Crippen LogP contribution in [-0.2, 0) is 15.2 Å². The number of nitrogens with two attached hydrogens (primary N) is 2. The molecule has 10 nitrogen and oxygen atoms in total. The number of hydrogen-bond donors (Lipinski definition) is 3. The average molecular weight is 498 g/mol. The van der Waals surface area contributed by atoms with Crippen LogP contribution in [0.4, 0.5) is 16.5 Å². The number of nitrogens with one attached hydrogen (secondary N) is 1. The van der Waals surface area contributed by atoms with Crippen LogP contribution in [0.25, 0.3) is 0 Å². The molecule has 34 heavy (non-hydrogen) atoms. The quantitative estimate of drug-likeness (QED) is 0.325. The number of carbonyl (C=O) groups is 3. The third-order valence-corrected chi connectivity index (χ3v) is 6.62. The summed E-state index contributed by atoms with van der Waals surface area (Å²) in [5, 5.41) is 12.6. The van der Waals surface area contributed by atoms with E-state index in [1.807, 2.05) is 12.1 Å². The summed E-state index contributed by atoms with van der Waals surface area (Å²) in [6.07, 6.45) is 0. The monoisotopic (exact) mass is 497 g/mol. The van der Waals surface area contributed by atoms with E-state index in [-0.39, 0.29) is 43.2 Å². The molecule has 0 fully saturated rings. The van der Waals surface area contributed by atoms with Crippen LogP contribution in [0.3, 0.4) is 0 Å². The minimum Gasteiger partial charge on any atom is -0.465 e. The molecule has 2 heterocycles. The zero-order valence-corrected chi connectivity index (χ0v) is 19.7. The molecule has 3 rings (SSSR count). The molecular formula is C22H19N5O5S2. The van der Waals surface area contributed by atoms with Gasteiger partial charge in [-0.15, -0.1) is 23.1 Å². The molecule has 0 atom stereocenters. The van der Waals surface area contributed by atoms with Gasteiger partial charge in [0.2, 0.25) is 0 Å². The van der Waals surface area contributed by atoms with E-state index in [4.69, 9.17) is 20.9 Å². The van der Waals surface area contributed by atoms with Gasteiger partial charge in [-0.25, -0.2) is 14.6 Å². The maximum Gasteiger partial charge on any atom is 0.348 e. The van der Waals surface area contributed by atoms with Crippen LogP contribution in [0.1, 0.15) is 41.5 Å². The van der Waals surface area contributed by atoms with Crippen molar-refractivity contribution in [2.75, 3.05) is 31.0 Å². The van der Waals surface area contributed by atoms with Gasteiger partial charge in [0.1, 0.15) is 26.8 Å². The average Bonchev–Trinajstić information content (AvgIpc) is 3.18. The SMILES string of the molecule is COC(=O)c1sc(N)c(C(=O)OC)c1CSc1nc(N)c(C(=O)Nc2ccccc2)cc1C#N. The van der Waals surface area contributed by atoms with E-state index in [9.17, 15) is 19.6 Å². The van der Waals surface area contributed by atoms with Gasteiger partial charge < -0.3 is 26.3 Å². The lowest BCUT2D eigenvalue weighted by Crippen LogP contribution is -2.15. The lowest BCUT2D eigenvalue weighted by atomic mass is 10.1. The van der Waals surface area contributed by atoms with E-state index in [2.05, 4.69) is 10.3 Å². The zero-order chi connectivity index (χ0) is 24.8. The summed E-state index contributed by atoms with van der Waals surface area (Å²) in [6.45, 7) is 0. The van der Waals surface area contributed by atoms with Gasteiger partial charge in [0.15, 0.2) is 0 Å². The number of ether oxygens (including phenoxy) is 2. The fourth-order valence-corrected chi connectivity index (χ4v) is 5.02. The van der Waals surface area contributed by atoms with Crippen molar-refractivity contribution >= 4 is 57.5 Å². The first kappa shape index (κ1) is 24.6. The Morgan fingerprint density at radius 2 is 1.82 bits per heavy atom. The van der Waals surface area contributed by atoms with E-state index in [0.717, 1.165) is 23.1 Å². The van der Waals surface area contributed by atoms with Crippen LogP contribution in [0.5, 0.6) is 0 Å². The van der Waals surface area contributed by atoms with Gasteiger partial charge in [0.05, 0.1) is 30.9 Å². The van der Waals surface area contributed by atoms with Crippen LogP contribution in [0.2, 0.25) is 0 Å². The molecule has 3 aromatic rings. The summed E-state index contributed by atoms with van der Waals surface area (Å²) in [4.78, 5) is 41.4. The molecule has 0 bridgehead atoms. The van der Waals surface area contributed by atoms with Crippen molar-refractivity contribution in [1.82, 2.24) is 4.98 Å². The minimum absolute atomic E-state index is 0.0371. The Kier molecular flexibility index (Phi) is 7.72. The topological polar surface area (TPSA) is 170 Å². The van der Waals surface area contributed by atoms with E-state index < -0.39 is 17.8 Å². The molecule has 2 aromatic heterocycles. The van der Waals surface area contributed by atoms with Crippen molar-refractivity contribution in [3.8, 4) is 6.07 Å². The van der Waals surface area contributed by atoms with Crippen molar-refractivity contribution in [2.24, 2.45) is 0 Å². The van der Waals surface area contributed by atoms with Crippen molar-refractivity contribution in [3.05, 3.63) is 63.5 Å². The second-order valence-electron chi connectivity index (χ2n) is 6.63. The van der Waals surface area contributed by atoms with Crippen molar-refractivity contribution in [1.29, 1.82) is 5.26 Å². The van der Waals surface area contributed by atoms with Gasteiger partial charge in [-0.2, -0.15) is 5.26 Å². The number of methoxy groups -OCH3 is 2. The fourth-order valence-electron chi connectivity index (χ4n) is 2.95. The second kappa shape index (κ2) is 10.7. The summed E-state index contributed by atoms with van der Waals surface area (Å²) in [7, 11) is 2.41. The Hall–Kier alpha value is -4.08. The number of nitriles is 1. The van der Waals surface area contributed by atoms with E-state index in [0.29, 0.717) is 11.3 Å². The molecule has 0 unspecified atom stereocenters. The predicted molar refractivity (Wildman–Crippen MR) is 129 cm³/mol. The van der Waals surface area contributed by atoms with Crippen molar-refractivity contribution in [3.63, 3.8) is 0 Å². The molecule has 0 aliphatic rings. The Bertz CT molecular complexity index is 1300. The molecular weight excluding hydrogens is 478 g/mol. The lowest BCUT2D eigenvalue weighted by Gasteiger charge is -2.11. The zero-order valence-electron chi connectivity index (χ0n) is 18.1. The number of amides is 1. The van der Waals surface area contributed by atoms with E-state index in [1.165, 1.54) is 20.3 Å². The van der Waals surface area contributed by atoms with Gasteiger partial charge in [-0.3, -0.25) is 4.79 Å². The van der Waals surface area contributed by atoms with E-state index >= 15 is 0 Å². The molecule has 12 heteroatoms. The van der Waals surface area contributed by atoms with Crippen molar-refractivity contribution in [2.45, 2.75) is 10.8 Å². The highest BCUT2D eigenvalue weighted by molar-refractivity contribution is 7.98. The molecule has 0 saturated heterocycles. The molecule has 0 aliphatic heterocycles. The molecule has 0 radical (unpaired) electrons. The first-order valence-corrected chi connectivity index (χ1v) is 11.4. The second-order valence-corrected chi connectivity index (χ2v) is 8.64. The van der Waals surface area contributed by atoms with Gasteiger partial charge in [0, 0.05) is 17.0 Å². The predicted octanol–water partition coefficient (Wildman–Crippen LogP) is 3.30. The first-order chi connectivity index (χ1) is 16.3. The summed E-state index contributed by atoms with van der Waals surface area (Å²) in [5.74, 6) is -1.93. The van der Waals surface area contributed by atoms with E-state index in [1.54, 1.807) is 24.3 Å². The number of para-hydroxylation sites is 1. The number of benzene rings is 1. The highest BCUT2D eigenvalue weighted by Gasteiger charge is 2.28. The number of aromatic nitrogens is 1. The molecule has 0 aliphatic carbocycles. The Balaban J connectivity index is 1.92. The third kappa shape index (κ3) is 5.11. The summed E-state index contributed by atoms with van der Waals surface area (Å²) in [5.41, 5.74) is 13.0. The molecule has 174 valence electrons. The maximum atomic E-state index is 12.6. The molecule has 1 aromatic carbocycles. The number of thiophene rings is 1. The number of thioether (sulfide) groups is 1. The Morgan fingerprint density at radius 1 is 1.15 bits per heavy atom. The molecule has 0 spiro atoms. The summed E-state index contributed by atoms with van der Waals surface area (Å²) < 4.78 is 9.57. The number of anilines is 3. The fraction of sp³-hybridized carbons (Fsp3) is 0.136. The highest BCUT2D eigenvalue weighted by atomic mass is 32.2. The first-order valence-electron chi connectivity index (χ1n) is 9.58. The van der Waals surface area contributed by atoms with Crippen molar-refractivity contribution < 1.29 is 23.9 Å². The molecule has 1 amide bonds. The van der Waals surface area contributed by atoms with Crippen LogP contribution in [-0.4, -0.2) is 37.0 Å². The minimum atomic E-state index is -0.708. The normalized spacial score (nSPS) is 10.3. The number of carbonyl (C=O) groups excluding carboxylic acids is 3. The number of hydrogen-bond acceptors (Lipinski definition) is 11. The van der Waals surface area contributed by atoms with Crippen LogP contribution < -0.4 is 16.8 Å². The molecule has 5 N–H and O–H groups in total. The number of pyridine rings is 1. The van der Waals surface area contributed by atoms with Gasteiger partial charge in [-0.05, 0) is 18.2 Å². The lowest BCUT2D eigenvalue weighted by molar-refractivity contribution is 0.0601. The maximum absolute atomic E-state index is 12.6. The number of nitrogen functional groups attached to an aromatic ring is 2. The third-order valence-electron chi connectivity index (χ3n) is 4.56. The summed E-state index contributed by atoms with van der Waals surface area (Å²) >= 11 is 1.95. The number of rotatable bonds is 7. The van der Waals surface area contributed by atoms with Gasteiger partial charge in [0.25, 0.3) is 5.91 Å². The standard InChI is InChI=1S/C22H19N5O5S2/c1-31-21(29)15-14(16(22(30)32-2)34-18(15)25)10-33-20-11(9-23)8-13(17(24)27-20)19(28)26-12-6-4-3-5-7-12/h3-8H,10,25H2,1-2H3,(H2,24,27)(H,26,28). The van der Waals surface area contributed by atoms with Crippen LogP contribution in [0.15, 0.2) is 41.4 Å². The number of nitrogens with zero attached hydrogens (tertiary/aromatic N) is 2. The largest absolute Gasteiger partial charge is 0.465 e. The highest BCUT2D eigenvalue weighted by Crippen LogP contribution is 2.37. The van der Waals surface area contributed by atoms with Gasteiger partial charge in [-0.1, -0.05) is 18.2 Å². The number of esters is 2. The molecule has 0 saturated carbocycles. The Morgan fingerprint density at radius 3 is 2.44 bits per heavy atom. The van der Waals surface area contributed by atoms with Crippen LogP contribution in [0, 0.1) is 11.3 Å². The smallest absolute Gasteiger partial charge is 0.348 e. The Labute approximate surface area is 202 Å². The summed E-state index contributed by atoms with van der Waals surface area (Å²) in [6, 6.07) is 12.1. The van der Waals surface area contributed by atoms with Gasteiger partial charge >= 0.3 is 11.9 Å².